The van der Waals surface area contributed by atoms with Gasteiger partial charge in [0.1, 0.15) is 5.69 Å². The third kappa shape index (κ3) is 3.63. The van der Waals surface area contributed by atoms with Crippen LogP contribution in [-0.4, -0.2) is 40.6 Å². The number of nitrogens with zero attached hydrogens (tertiary/aromatic N) is 3. The van der Waals surface area contributed by atoms with E-state index >= 15 is 0 Å². The Labute approximate surface area is 141 Å². The standard InChI is InChI=1S/C17H23N5O2/c1-3-5-15-14(10-19-20-15)17(23)22(2)11-13-8-16(21-24-13)12-6-4-7-18-9-12/h4,6-9,14-15,19-20H,3,5,10-11H2,1-2H3. The highest BCUT2D eigenvalue weighted by Crippen LogP contribution is 2.20. The monoisotopic (exact) mass is 329 g/mol. The molecule has 0 bridgehead atoms. The molecule has 1 saturated heterocycles. The van der Waals surface area contributed by atoms with E-state index in [9.17, 15) is 4.79 Å². The van der Waals surface area contributed by atoms with E-state index in [1.165, 1.54) is 0 Å². The van der Waals surface area contributed by atoms with E-state index in [2.05, 4.69) is 27.9 Å². The molecule has 1 fully saturated rings. The van der Waals surface area contributed by atoms with Crippen molar-refractivity contribution in [2.24, 2.45) is 5.92 Å². The summed E-state index contributed by atoms with van der Waals surface area (Å²) >= 11 is 0. The third-order valence-corrected chi connectivity index (χ3v) is 4.30. The summed E-state index contributed by atoms with van der Waals surface area (Å²) in [5.74, 6) is 0.733. The number of hydrazine groups is 1. The van der Waals surface area contributed by atoms with Gasteiger partial charge in [0.2, 0.25) is 5.91 Å². The molecule has 0 saturated carbocycles. The molecule has 1 aliphatic rings. The molecule has 24 heavy (non-hydrogen) atoms. The molecule has 0 radical (unpaired) electrons. The second-order valence-electron chi connectivity index (χ2n) is 6.14. The van der Waals surface area contributed by atoms with Crippen LogP contribution in [0.1, 0.15) is 25.5 Å². The molecule has 0 aromatic carbocycles. The Kier molecular flexibility index (Phi) is 5.22. The zero-order valence-electron chi connectivity index (χ0n) is 14.0. The Bertz CT molecular complexity index is 673. The topological polar surface area (TPSA) is 83.3 Å². The number of carbonyl (C=O) groups excluding carboxylic acids is 1. The van der Waals surface area contributed by atoms with Crippen molar-refractivity contribution >= 4 is 5.91 Å². The average Bonchev–Trinajstić information content (AvgIpc) is 3.25. The van der Waals surface area contributed by atoms with E-state index < -0.39 is 0 Å². The smallest absolute Gasteiger partial charge is 0.228 e. The molecule has 2 aromatic heterocycles. The molecular weight excluding hydrogens is 306 g/mol. The van der Waals surface area contributed by atoms with Gasteiger partial charge in [0.05, 0.1) is 12.5 Å². The first-order valence-electron chi connectivity index (χ1n) is 8.28. The van der Waals surface area contributed by atoms with Gasteiger partial charge in [-0.1, -0.05) is 18.5 Å². The minimum atomic E-state index is -0.0457. The zero-order valence-corrected chi connectivity index (χ0v) is 14.0. The first kappa shape index (κ1) is 16.6. The molecule has 0 spiro atoms. The maximum Gasteiger partial charge on any atom is 0.228 e. The third-order valence-electron chi connectivity index (χ3n) is 4.30. The second-order valence-corrected chi connectivity index (χ2v) is 6.14. The molecule has 1 aliphatic heterocycles. The zero-order chi connectivity index (χ0) is 16.9. The largest absolute Gasteiger partial charge is 0.359 e. The summed E-state index contributed by atoms with van der Waals surface area (Å²) in [7, 11) is 1.80. The van der Waals surface area contributed by atoms with Gasteiger partial charge >= 0.3 is 0 Å². The number of aromatic nitrogens is 2. The van der Waals surface area contributed by atoms with E-state index in [-0.39, 0.29) is 17.9 Å². The fourth-order valence-corrected chi connectivity index (χ4v) is 3.02. The highest BCUT2D eigenvalue weighted by Gasteiger charge is 2.34. The lowest BCUT2D eigenvalue weighted by Crippen LogP contribution is -2.40. The Morgan fingerprint density at radius 2 is 2.38 bits per heavy atom. The summed E-state index contributed by atoms with van der Waals surface area (Å²) < 4.78 is 5.37. The summed E-state index contributed by atoms with van der Waals surface area (Å²) in [4.78, 5) is 18.5. The van der Waals surface area contributed by atoms with Crippen molar-refractivity contribution in [2.45, 2.75) is 32.4 Å². The van der Waals surface area contributed by atoms with Gasteiger partial charge in [-0.15, -0.1) is 0 Å². The molecule has 1 amide bonds. The number of pyridine rings is 1. The van der Waals surface area contributed by atoms with Crippen molar-refractivity contribution < 1.29 is 9.32 Å². The van der Waals surface area contributed by atoms with Crippen molar-refractivity contribution in [1.29, 1.82) is 0 Å². The van der Waals surface area contributed by atoms with Crippen molar-refractivity contribution in [3.8, 4) is 11.3 Å². The predicted octanol–water partition coefficient (Wildman–Crippen LogP) is 1.59. The van der Waals surface area contributed by atoms with Crippen molar-refractivity contribution in [2.75, 3.05) is 13.6 Å². The molecule has 7 nitrogen and oxygen atoms in total. The number of hydrogen-bond donors (Lipinski definition) is 2. The number of hydrogen-bond acceptors (Lipinski definition) is 6. The van der Waals surface area contributed by atoms with E-state index in [0.29, 0.717) is 18.8 Å². The van der Waals surface area contributed by atoms with Crippen LogP contribution in [0.25, 0.3) is 11.3 Å². The van der Waals surface area contributed by atoms with Crippen LogP contribution in [0.5, 0.6) is 0 Å². The summed E-state index contributed by atoms with van der Waals surface area (Å²) in [5, 5.41) is 4.06. The van der Waals surface area contributed by atoms with E-state index in [0.717, 1.165) is 24.1 Å². The SMILES string of the molecule is CCCC1NNCC1C(=O)N(C)Cc1cc(-c2cccnc2)no1. The van der Waals surface area contributed by atoms with E-state index in [1.54, 1.807) is 24.3 Å². The van der Waals surface area contributed by atoms with E-state index in [4.69, 9.17) is 4.52 Å². The van der Waals surface area contributed by atoms with Gasteiger partial charge in [0, 0.05) is 43.7 Å². The Balaban J connectivity index is 1.63. The van der Waals surface area contributed by atoms with Crippen molar-refractivity contribution in [1.82, 2.24) is 25.9 Å². The summed E-state index contributed by atoms with van der Waals surface area (Å²) in [5.41, 5.74) is 7.91. The first-order chi connectivity index (χ1) is 11.7. The fourth-order valence-electron chi connectivity index (χ4n) is 3.02. The van der Waals surface area contributed by atoms with Gasteiger partial charge in [-0.25, -0.2) is 0 Å². The fraction of sp³-hybridized carbons (Fsp3) is 0.471. The predicted molar refractivity (Wildman–Crippen MR) is 89.5 cm³/mol. The van der Waals surface area contributed by atoms with Gasteiger partial charge in [-0.3, -0.25) is 20.6 Å². The van der Waals surface area contributed by atoms with E-state index in [1.807, 2.05) is 18.2 Å². The Hall–Kier alpha value is -2.25. The lowest BCUT2D eigenvalue weighted by Gasteiger charge is -2.23. The van der Waals surface area contributed by atoms with Crippen LogP contribution in [0.4, 0.5) is 0 Å². The Morgan fingerprint density at radius 1 is 1.50 bits per heavy atom. The molecule has 2 aromatic rings. The van der Waals surface area contributed by atoms with Crippen LogP contribution in [0.2, 0.25) is 0 Å². The van der Waals surface area contributed by atoms with Gasteiger partial charge in [-0.2, -0.15) is 0 Å². The molecule has 3 rings (SSSR count). The molecule has 7 heteroatoms. The maximum atomic E-state index is 12.7. The lowest BCUT2D eigenvalue weighted by molar-refractivity contribution is -0.134. The lowest BCUT2D eigenvalue weighted by atomic mass is 9.96. The minimum Gasteiger partial charge on any atom is -0.359 e. The molecule has 2 N–H and O–H groups in total. The number of nitrogens with one attached hydrogen (secondary N) is 2. The average molecular weight is 329 g/mol. The van der Waals surface area contributed by atoms with Crippen molar-refractivity contribution in [3.05, 3.63) is 36.4 Å². The van der Waals surface area contributed by atoms with Crippen molar-refractivity contribution in [3.63, 3.8) is 0 Å². The minimum absolute atomic E-state index is 0.0457. The molecule has 0 aliphatic carbocycles. The van der Waals surface area contributed by atoms with Gasteiger partial charge < -0.3 is 9.42 Å². The number of rotatable bonds is 6. The van der Waals surface area contributed by atoms with Crippen LogP contribution < -0.4 is 10.9 Å². The number of amides is 1. The maximum absolute atomic E-state index is 12.7. The Morgan fingerprint density at radius 3 is 3.12 bits per heavy atom. The van der Waals surface area contributed by atoms with Crippen LogP contribution in [0.15, 0.2) is 35.1 Å². The van der Waals surface area contributed by atoms with Crippen LogP contribution in [0, 0.1) is 5.92 Å². The number of carbonyl (C=O) groups is 1. The normalized spacial score (nSPS) is 20.2. The summed E-state index contributed by atoms with van der Waals surface area (Å²) in [6.45, 7) is 3.19. The molecule has 2 atom stereocenters. The highest BCUT2D eigenvalue weighted by atomic mass is 16.5. The van der Waals surface area contributed by atoms with Crippen LogP contribution in [-0.2, 0) is 11.3 Å². The summed E-state index contributed by atoms with van der Waals surface area (Å²) in [6.07, 6.45) is 5.48. The summed E-state index contributed by atoms with van der Waals surface area (Å²) in [6, 6.07) is 5.82. The molecule has 128 valence electrons. The second kappa shape index (κ2) is 7.55. The van der Waals surface area contributed by atoms with Crippen LogP contribution in [0.3, 0.4) is 0 Å². The molecule has 3 heterocycles. The van der Waals surface area contributed by atoms with Crippen LogP contribution >= 0.6 is 0 Å². The highest BCUT2D eigenvalue weighted by molar-refractivity contribution is 5.80. The van der Waals surface area contributed by atoms with Gasteiger partial charge in [0.15, 0.2) is 5.76 Å². The molecule has 2 unspecified atom stereocenters. The van der Waals surface area contributed by atoms with Gasteiger partial charge in [0.25, 0.3) is 0 Å². The first-order valence-corrected chi connectivity index (χ1v) is 8.28. The molecular formula is C17H23N5O2. The van der Waals surface area contributed by atoms with Gasteiger partial charge in [-0.05, 0) is 18.6 Å². The quantitative estimate of drug-likeness (QED) is 0.837.